The first-order valence-corrected chi connectivity index (χ1v) is 7.41. The average Bonchev–Trinajstić information content (AvgIpc) is 2.88. The number of aromatic nitrogens is 1. The van der Waals surface area contributed by atoms with Gasteiger partial charge in [-0.1, -0.05) is 24.6 Å². The zero-order valence-electron chi connectivity index (χ0n) is 10.3. The van der Waals surface area contributed by atoms with E-state index in [4.69, 9.17) is 11.6 Å². The van der Waals surface area contributed by atoms with E-state index in [-0.39, 0.29) is 0 Å². The fraction of sp³-hybridized carbons (Fsp3) is 0.286. The van der Waals surface area contributed by atoms with E-state index >= 15 is 0 Å². The minimum Gasteiger partial charge on any atom is -0.364 e. The molecule has 1 atom stereocenters. The van der Waals surface area contributed by atoms with E-state index in [0.29, 0.717) is 6.04 Å². The Bertz CT molecular complexity index is 470. The van der Waals surface area contributed by atoms with Crippen molar-refractivity contribution in [1.29, 1.82) is 0 Å². The zero-order chi connectivity index (χ0) is 12.8. The van der Waals surface area contributed by atoms with Crippen molar-refractivity contribution in [3.8, 4) is 0 Å². The second kappa shape index (κ2) is 6.88. The van der Waals surface area contributed by atoms with Crippen molar-refractivity contribution in [2.45, 2.75) is 17.9 Å². The zero-order valence-corrected chi connectivity index (χ0v) is 11.9. The van der Waals surface area contributed by atoms with Gasteiger partial charge >= 0.3 is 0 Å². The second-order valence-corrected chi connectivity index (χ2v) is 5.53. The van der Waals surface area contributed by atoms with Gasteiger partial charge in [0.2, 0.25) is 0 Å². The van der Waals surface area contributed by atoms with Gasteiger partial charge in [-0.2, -0.15) is 0 Å². The molecule has 1 unspecified atom stereocenters. The number of hydrogen-bond acceptors (Lipinski definition) is 2. The summed E-state index contributed by atoms with van der Waals surface area (Å²) in [5.41, 5.74) is 1.23. The third kappa shape index (κ3) is 3.80. The molecule has 2 rings (SSSR count). The van der Waals surface area contributed by atoms with Crippen molar-refractivity contribution in [2.24, 2.45) is 0 Å². The summed E-state index contributed by atoms with van der Waals surface area (Å²) in [7, 11) is 0. The fourth-order valence-electron chi connectivity index (χ4n) is 1.80. The molecule has 0 fully saturated rings. The van der Waals surface area contributed by atoms with Crippen molar-refractivity contribution in [3.63, 3.8) is 0 Å². The van der Waals surface area contributed by atoms with Gasteiger partial charge in [0.15, 0.2) is 0 Å². The highest BCUT2D eigenvalue weighted by Crippen LogP contribution is 2.26. The predicted molar refractivity (Wildman–Crippen MR) is 79.4 cm³/mol. The molecule has 0 amide bonds. The van der Waals surface area contributed by atoms with Crippen molar-refractivity contribution < 1.29 is 0 Å². The third-order valence-corrected chi connectivity index (χ3v) is 3.98. The van der Waals surface area contributed by atoms with Gasteiger partial charge in [0.1, 0.15) is 0 Å². The number of thioether (sulfide) groups is 1. The lowest BCUT2D eigenvalue weighted by Crippen LogP contribution is -2.23. The van der Waals surface area contributed by atoms with Crippen LogP contribution in [-0.4, -0.2) is 17.3 Å². The predicted octanol–water partition coefficient (Wildman–Crippen LogP) is 4.11. The molecular weight excluding hydrogens is 264 g/mol. The van der Waals surface area contributed by atoms with Gasteiger partial charge in [-0.05, 0) is 36.9 Å². The van der Waals surface area contributed by atoms with Gasteiger partial charge in [0, 0.05) is 27.6 Å². The lowest BCUT2D eigenvalue weighted by Gasteiger charge is -2.16. The van der Waals surface area contributed by atoms with Gasteiger partial charge in [-0.25, -0.2) is 0 Å². The average molecular weight is 281 g/mol. The Labute approximate surface area is 117 Å². The second-order valence-electron chi connectivity index (χ2n) is 4.00. The molecule has 18 heavy (non-hydrogen) atoms. The van der Waals surface area contributed by atoms with Gasteiger partial charge in [-0.3, -0.25) is 0 Å². The summed E-state index contributed by atoms with van der Waals surface area (Å²) in [6.07, 6.45) is 1.96. The SMILES string of the molecule is CCNC(CSc1cccc(Cl)c1)c1ccc[nH]1. The Hall–Kier alpha value is -0.900. The Morgan fingerprint density at radius 2 is 2.22 bits per heavy atom. The molecule has 2 aromatic rings. The topological polar surface area (TPSA) is 27.8 Å². The van der Waals surface area contributed by atoms with E-state index in [0.717, 1.165) is 17.3 Å². The summed E-state index contributed by atoms with van der Waals surface area (Å²) in [4.78, 5) is 4.47. The highest BCUT2D eigenvalue weighted by atomic mass is 35.5. The number of halogens is 1. The Kier molecular flexibility index (Phi) is 5.17. The minimum absolute atomic E-state index is 0.342. The molecule has 96 valence electrons. The molecule has 0 bridgehead atoms. The van der Waals surface area contributed by atoms with Gasteiger partial charge in [0.05, 0.1) is 6.04 Å². The number of H-pyrrole nitrogens is 1. The number of aromatic amines is 1. The summed E-state index contributed by atoms with van der Waals surface area (Å²) in [5, 5.41) is 4.28. The van der Waals surface area contributed by atoms with Gasteiger partial charge in [-0.15, -0.1) is 11.8 Å². The van der Waals surface area contributed by atoms with Crippen LogP contribution in [0.1, 0.15) is 18.7 Å². The van der Waals surface area contributed by atoms with Crippen molar-refractivity contribution in [2.75, 3.05) is 12.3 Å². The Balaban J connectivity index is 1.98. The quantitative estimate of drug-likeness (QED) is 0.780. The molecule has 2 N–H and O–H groups in total. The molecule has 1 heterocycles. The summed E-state index contributed by atoms with van der Waals surface area (Å²) in [6.45, 7) is 3.08. The van der Waals surface area contributed by atoms with Crippen LogP contribution in [0.15, 0.2) is 47.5 Å². The van der Waals surface area contributed by atoms with E-state index in [2.05, 4.69) is 29.4 Å². The van der Waals surface area contributed by atoms with Crippen LogP contribution in [0.2, 0.25) is 5.02 Å². The lowest BCUT2D eigenvalue weighted by atomic mass is 10.2. The van der Waals surface area contributed by atoms with Gasteiger partial charge in [0.25, 0.3) is 0 Å². The lowest BCUT2D eigenvalue weighted by molar-refractivity contribution is 0.594. The van der Waals surface area contributed by atoms with Crippen molar-refractivity contribution in [1.82, 2.24) is 10.3 Å². The Morgan fingerprint density at radius 3 is 2.89 bits per heavy atom. The number of nitrogens with one attached hydrogen (secondary N) is 2. The highest BCUT2D eigenvalue weighted by Gasteiger charge is 2.11. The fourth-order valence-corrected chi connectivity index (χ4v) is 3.10. The monoisotopic (exact) mass is 280 g/mol. The van der Waals surface area contributed by atoms with Crippen molar-refractivity contribution in [3.05, 3.63) is 53.3 Å². The van der Waals surface area contributed by atoms with E-state index in [9.17, 15) is 0 Å². The minimum atomic E-state index is 0.342. The first-order valence-electron chi connectivity index (χ1n) is 6.04. The van der Waals surface area contributed by atoms with E-state index in [1.165, 1.54) is 10.6 Å². The van der Waals surface area contributed by atoms with Crippen LogP contribution in [0, 0.1) is 0 Å². The first-order chi connectivity index (χ1) is 8.79. The van der Waals surface area contributed by atoms with Crippen LogP contribution in [0.5, 0.6) is 0 Å². The molecule has 0 saturated carbocycles. The van der Waals surface area contributed by atoms with Crippen LogP contribution < -0.4 is 5.32 Å². The molecule has 2 nitrogen and oxygen atoms in total. The maximum Gasteiger partial charge on any atom is 0.0568 e. The summed E-state index contributed by atoms with van der Waals surface area (Å²) in [5.74, 6) is 0.981. The van der Waals surface area contributed by atoms with E-state index in [1.54, 1.807) is 0 Å². The van der Waals surface area contributed by atoms with Crippen LogP contribution in [0.3, 0.4) is 0 Å². The molecule has 0 saturated heterocycles. The molecule has 4 heteroatoms. The standard InChI is InChI=1S/C14H17ClN2S/c1-2-16-14(13-7-4-8-17-13)10-18-12-6-3-5-11(15)9-12/h3-9,14,16-17H,2,10H2,1H3. The number of rotatable bonds is 6. The summed E-state index contributed by atoms with van der Waals surface area (Å²) >= 11 is 7.80. The number of benzene rings is 1. The highest BCUT2D eigenvalue weighted by molar-refractivity contribution is 7.99. The van der Waals surface area contributed by atoms with Crippen LogP contribution in [0.25, 0.3) is 0 Å². The number of hydrogen-bond donors (Lipinski definition) is 2. The Morgan fingerprint density at radius 1 is 1.33 bits per heavy atom. The maximum absolute atomic E-state index is 5.99. The molecule has 0 aliphatic heterocycles. The smallest absolute Gasteiger partial charge is 0.0568 e. The van der Waals surface area contributed by atoms with Crippen molar-refractivity contribution >= 4 is 23.4 Å². The first kappa shape index (κ1) is 13.5. The van der Waals surface area contributed by atoms with Crippen LogP contribution in [-0.2, 0) is 0 Å². The molecule has 0 spiro atoms. The molecule has 1 aromatic heterocycles. The molecular formula is C14H17ClN2S. The van der Waals surface area contributed by atoms with Gasteiger partial charge < -0.3 is 10.3 Å². The third-order valence-electron chi connectivity index (χ3n) is 2.66. The maximum atomic E-state index is 5.99. The molecule has 0 aliphatic rings. The summed E-state index contributed by atoms with van der Waals surface area (Å²) < 4.78 is 0. The summed E-state index contributed by atoms with van der Waals surface area (Å²) in [6, 6.07) is 12.5. The molecule has 1 aromatic carbocycles. The van der Waals surface area contributed by atoms with Crippen LogP contribution >= 0.6 is 23.4 Å². The van der Waals surface area contributed by atoms with E-state index < -0.39 is 0 Å². The molecule has 0 radical (unpaired) electrons. The van der Waals surface area contributed by atoms with Crippen LogP contribution in [0.4, 0.5) is 0 Å². The normalized spacial score (nSPS) is 12.6. The largest absolute Gasteiger partial charge is 0.364 e. The van der Waals surface area contributed by atoms with E-state index in [1.807, 2.05) is 42.2 Å². The molecule has 0 aliphatic carbocycles.